The topological polar surface area (TPSA) is 53.5 Å². The van der Waals surface area contributed by atoms with Crippen LogP contribution in [0, 0.1) is 5.92 Å². The van der Waals surface area contributed by atoms with E-state index in [0.29, 0.717) is 26.1 Å². The van der Waals surface area contributed by atoms with E-state index in [1.165, 1.54) is 5.57 Å². The van der Waals surface area contributed by atoms with Gasteiger partial charge < -0.3 is 9.80 Å². The molecule has 0 aliphatic carbocycles. The molecule has 5 nitrogen and oxygen atoms in total. The van der Waals surface area contributed by atoms with E-state index in [2.05, 4.69) is 24.9 Å². The molecule has 4 heterocycles. The summed E-state index contributed by atoms with van der Waals surface area (Å²) in [5.74, 6) is 0.345. The Kier molecular flexibility index (Phi) is 5.51. The molecule has 5 heteroatoms. The Balaban J connectivity index is 1.63. The van der Waals surface area contributed by atoms with Crippen molar-refractivity contribution in [1.82, 2.24) is 14.8 Å². The number of hydrogen-bond acceptors (Lipinski definition) is 3. The molecule has 3 saturated heterocycles. The van der Waals surface area contributed by atoms with Gasteiger partial charge in [0.2, 0.25) is 11.8 Å². The van der Waals surface area contributed by atoms with E-state index in [0.717, 1.165) is 24.8 Å². The summed E-state index contributed by atoms with van der Waals surface area (Å²) in [4.78, 5) is 33.3. The molecule has 134 valence electrons. The maximum absolute atomic E-state index is 12.7. The van der Waals surface area contributed by atoms with Gasteiger partial charge in [0.1, 0.15) is 0 Å². The Morgan fingerprint density at radius 3 is 2.72 bits per heavy atom. The molecule has 2 atom stereocenters. The van der Waals surface area contributed by atoms with Crippen LogP contribution in [0.5, 0.6) is 0 Å². The number of amides is 2. The van der Waals surface area contributed by atoms with E-state index in [1.54, 1.807) is 12.4 Å². The molecule has 0 radical (unpaired) electrons. The molecule has 2 unspecified atom stereocenters. The van der Waals surface area contributed by atoms with Gasteiger partial charge in [0.15, 0.2) is 0 Å². The molecule has 0 saturated carbocycles. The summed E-state index contributed by atoms with van der Waals surface area (Å²) in [5, 5.41) is 0. The van der Waals surface area contributed by atoms with Crippen LogP contribution in [0.25, 0.3) is 0 Å². The smallest absolute Gasteiger partial charge is 0.228 e. The van der Waals surface area contributed by atoms with Gasteiger partial charge in [-0.1, -0.05) is 11.6 Å². The van der Waals surface area contributed by atoms with Crippen LogP contribution in [-0.2, 0) is 16.0 Å². The zero-order valence-electron chi connectivity index (χ0n) is 15.1. The predicted octanol–water partition coefficient (Wildman–Crippen LogP) is 2.43. The van der Waals surface area contributed by atoms with Crippen LogP contribution in [0.15, 0.2) is 36.2 Å². The van der Waals surface area contributed by atoms with Crippen molar-refractivity contribution < 1.29 is 9.59 Å². The Bertz CT molecular complexity index is 652. The van der Waals surface area contributed by atoms with Crippen molar-refractivity contribution in [3.63, 3.8) is 0 Å². The first kappa shape index (κ1) is 17.6. The molecular weight excluding hydrogens is 314 g/mol. The third-order valence-electron chi connectivity index (χ3n) is 5.22. The number of aryl methyl sites for hydroxylation is 1. The first-order valence-electron chi connectivity index (χ1n) is 9.15. The Morgan fingerprint density at radius 1 is 1.24 bits per heavy atom. The number of carbonyl (C=O) groups is 2. The largest absolute Gasteiger partial charge is 0.340 e. The van der Waals surface area contributed by atoms with E-state index >= 15 is 0 Å². The molecule has 1 aromatic rings. The number of hydrogen-bond donors (Lipinski definition) is 0. The van der Waals surface area contributed by atoms with Gasteiger partial charge in [-0.3, -0.25) is 14.6 Å². The standard InChI is InChI=1S/C20H27N3O2/c1-15(2)9-12-23-18-5-4-17(20(23)25)13-22(14-18)19(24)6-3-16-7-10-21-11-8-16/h7-11,17-18H,3-6,12-14H2,1-2H3. The lowest BCUT2D eigenvalue weighted by atomic mass is 9.94. The second-order valence-electron chi connectivity index (χ2n) is 7.35. The highest BCUT2D eigenvalue weighted by Gasteiger charge is 2.41. The maximum atomic E-state index is 12.7. The molecular formula is C20H27N3O2. The molecule has 3 aliphatic heterocycles. The summed E-state index contributed by atoms with van der Waals surface area (Å²) >= 11 is 0. The molecule has 0 spiro atoms. The number of piperidine rings is 1. The molecule has 3 aliphatic rings. The minimum Gasteiger partial charge on any atom is -0.340 e. The number of fused-ring (bicyclic) bond motifs is 4. The van der Waals surface area contributed by atoms with E-state index < -0.39 is 0 Å². The van der Waals surface area contributed by atoms with Crippen LogP contribution >= 0.6 is 0 Å². The highest BCUT2D eigenvalue weighted by Crippen LogP contribution is 2.29. The number of carbonyl (C=O) groups excluding carboxylic acids is 2. The SMILES string of the molecule is CC(C)=CCN1C(=O)C2CCC1CN(C(=O)CCc1ccncc1)C2. The minimum absolute atomic E-state index is 0.0332. The van der Waals surface area contributed by atoms with Crippen LogP contribution in [-0.4, -0.2) is 52.3 Å². The second kappa shape index (κ2) is 7.81. The van der Waals surface area contributed by atoms with Crippen molar-refractivity contribution >= 4 is 11.8 Å². The molecule has 2 amide bonds. The van der Waals surface area contributed by atoms with Crippen molar-refractivity contribution in [3.05, 3.63) is 41.7 Å². The van der Waals surface area contributed by atoms with E-state index in [1.807, 2.05) is 21.9 Å². The van der Waals surface area contributed by atoms with Gasteiger partial charge in [-0.15, -0.1) is 0 Å². The van der Waals surface area contributed by atoms with Gasteiger partial charge >= 0.3 is 0 Å². The molecule has 3 fully saturated rings. The molecule has 4 rings (SSSR count). The van der Waals surface area contributed by atoms with Gasteiger partial charge in [-0.25, -0.2) is 0 Å². The van der Waals surface area contributed by atoms with Crippen LogP contribution in [0.2, 0.25) is 0 Å². The summed E-state index contributed by atoms with van der Waals surface area (Å²) in [5.41, 5.74) is 2.35. The Morgan fingerprint density at radius 2 is 2.00 bits per heavy atom. The number of pyridine rings is 1. The Hall–Kier alpha value is -2.17. The van der Waals surface area contributed by atoms with Gasteiger partial charge in [0.05, 0.1) is 5.92 Å². The lowest BCUT2D eigenvalue weighted by Crippen LogP contribution is -2.48. The minimum atomic E-state index is -0.0332. The summed E-state index contributed by atoms with van der Waals surface area (Å²) in [6, 6.07) is 4.06. The summed E-state index contributed by atoms with van der Waals surface area (Å²) in [7, 11) is 0. The number of allylic oxidation sites excluding steroid dienone is 1. The number of aromatic nitrogens is 1. The lowest BCUT2D eigenvalue weighted by molar-refractivity contribution is -0.139. The summed E-state index contributed by atoms with van der Waals surface area (Å²) in [6.07, 6.45) is 8.74. The fraction of sp³-hybridized carbons (Fsp3) is 0.550. The molecule has 0 aromatic carbocycles. The third-order valence-corrected chi connectivity index (χ3v) is 5.22. The van der Waals surface area contributed by atoms with Crippen molar-refractivity contribution in [2.75, 3.05) is 19.6 Å². The molecule has 25 heavy (non-hydrogen) atoms. The van der Waals surface area contributed by atoms with Crippen molar-refractivity contribution in [1.29, 1.82) is 0 Å². The maximum Gasteiger partial charge on any atom is 0.228 e. The van der Waals surface area contributed by atoms with E-state index in [9.17, 15) is 9.59 Å². The van der Waals surface area contributed by atoms with Crippen LogP contribution in [0.4, 0.5) is 0 Å². The zero-order valence-corrected chi connectivity index (χ0v) is 15.1. The summed E-state index contributed by atoms with van der Waals surface area (Å²) in [6.45, 7) is 6.02. The van der Waals surface area contributed by atoms with Crippen molar-refractivity contribution in [2.45, 2.75) is 45.6 Å². The predicted molar refractivity (Wildman–Crippen MR) is 96.8 cm³/mol. The molecule has 1 aromatic heterocycles. The van der Waals surface area contributed by atoms with E-state index in [4.69, 9.17) is 0 Å². The van der Waals surface area contributed by atoms with Gasteiger partial charge in [-0.05, 0) is 50.8 Å². The van der Waals surface area contributed by atoms with Crippen molar-refractivity contribution in [2.24, 2.45) is 5.92 Å². The first-order valence-corrected chi connectivity index (χ1v) is 9.15. The van der Waals surface area contributed by atoms with Gasteiger partial charge in [0.25, 0.3) is 0 Å². The number of nitrogens with zero attached hydrogens (tertiary/aromatic N) is 3. The Labute approximate surface area is 149 Å². The lowest BCUT2D eigenvalue weighted by Gasteiger charge is -2.35. The fourth-order valence-electron chi connectivity index (χ4n) is 3.72. The quantitative estimate of drug-likeness (QED) is 0.773. The third kappa shape index (κ3) is 4.27. The molecule has 2 bridgehead atoms. The highest BCUT2D eigenvalue weighted by molar-refractivity contribution is 5.83. The average molecular weight is 341 g/mol. The monoisotopic (exact) mass is 341 g/mol. The van der Waals surface area contributed by atoms with Crippen LogP contribution < -0.4 is 0 Å². The molecule has 0 N–H and O–H groups in total. The van der Waals surface area contributed by atoms with Crippen molar-refractivity contribution in [3.8, 4) is 0 Å². The fourth-order valence-corrected chi connectivity index (χ4v) is 3.72. The van der Waals surface area contributed by atoms with Crippen LogP contribution in [0.1, 0.15) is 38.7 Å². The van der Waals surface area contributed by atoms with Gasteiger partial charge in [-0.2, -0.15) is 0 Å². The van der Waals surface area contributed by atoms with E-state index in [-0.39, 0.29) is 23.8 Å². The summed E-state index contributed by atoms with van der Waals surface area (Å²) < 4.78 is 0. The first-order chi connectivity index (χ1) is 12.0. The van der Waals surface area contributed by atoms with Gasteiger partial charge in [0, 0.05) is 44.5 Å². The van der Waals surface area contributed by atoms with Crippen LogP contribution in [0.3, 0.4) is 0 Å². The second-order valence-corrected chi connectivity index (χ2v) is 7.35. The normalized spacial score (nSPS) is 22.7. The number of rotatable bonds is 5. The zero-order chi connectivity index (χ0) is 17.8. The highest BCUT2D eigenvalue weighted by atomic mass is 16.2. The average Bonchev–Trinajstić information content (AvgIpc) is 2.90.